The lowest BCUT2D eigenvalue weighted by Gasteiger charge is -2.72. The van der Waals surface area contributed by atoms with Crippen molar-refractivity contribution in [1.29, 1.82) is 0 Å². The summed E-state index contributed by atoms with van der Waals surface area (Å²) in [5, 5.41) is 13.5. The molecule has 0 amide bonds. The van der Waals surface area contributed by atoms with Crippen LogP contribution in [0.2, 0.25) is 0 Å². The minimum atomic E-state index is -0.855. The topological polar surface area (TPSA) is 67.2 Å². The largest absolute Gasteiger partial charge is 0.478 e. The van der Waals surface area contributed by atoms with Gasteiger partial charge in [0, 0.05) is 25.5 Å². The Bertz CT molecular complexity index is 1560. The van der Waals surface area contributed by atoms with Crippen molar-refractivity contribution in [2.75, 3.05) is 13.1 Å². The van der Waals surface area contributed by atoms with Crippen LogP contribution in [-0.4, -0.2) is 33.7 Å². The molecule has 0 spiro atoms. The second-order valence-electron chi connectivity index (χ2n) is 18.3. The summed E-state index contributed by atoms with van der Waals surface area (Å²) in [6, 6.07) is 7.65. The number of rotatable bonds is 9. The molecular formula is C43H61N3O2. The molecular weight excluding hydrogens is 590 g/mol. The van der Waals surface area contributed by atoms with Crippen molar-refractivity contribution in [2.24, 2.45) is 56.7 Å². The number of carboxylic acids is 1. The van der Waals surface area contributed by atoms with Crippen LogP contribution in [0, 0.1) is 56.7 Å². The van der Waals surface area contributed by atoms with Gasteiger partial charge >= 0.3 is 5.97 Å². The van der Waals surface area contributed by atoms with Gasteiger partial charge in [-0.25, -0.2) is 9.78 Å². The molecule has 5 aliphatic carbocycles. The zero-order chi connectivity index (χ0) is 34.1. The number of carbonyl (C=O) groups is 1. The van der Waals surface area contributed by atoms with Gasteiger partial charge in [-0.15, -0.1) is 0 Å². The number of fused-ring (bicyclic) bond motifs is 7. The van der Waals surface area contributed by atoms with Gasteiger partial charge in [0.05, 0.1) is 11.9 Å². The number of carboxylic acid groups (broad SMARTS) is 1. The number of aromatic nitrogens is 2. The van der Waals surface area contributed by atoms with Crippen molar-refractivity contribution in [2.45, 2.75) is 112 Å². The predicted molar refractivity (Wildman–Crippen MR) is 195 cm³/mol. The molecule has 1 aromatic heterocycles. The Morgan fingerprint density at radius 1 is 0.979 bits per heavy atom. The number of aryl methyl sites for hydroxylation is 1. The number of benzene rings is 1. The van der Waals surface area contributed by atoms with Crippen molar-refractivity contribution in [1.82, 2.24) is 14.9 Å². The zero-order valence-electron chi connectivity index (χ0n) is 30.7. The zero-order valence-corrected chi connectivity index (χ0v) is 30.7. The van der Waals surface area contributed by atoms with Crippen LogP contribution in [0.1, 0.15) is 122 Å². The minimum Gasteiger partial charge on any atom is -0.478 e. The molecule has 0 aliphatic heterocycles. The maximum absolute atomic E-state index is 11.5. The van der Waals surface area contributed by atoms with E-state index in [1.54, 1.807) is 12.1 Å². The SMILES string of the molecule is C=C(C)[C@@H]1CC[C@]2(CNCCCn3ccnc3)CC[C@]3(C)[C@H](CC[C@@H]4[C@@]5(C)CC=C(c6ccc(C(=O)O)cc6)C(C)(C)[C@@H]5CC[C@]43C)[C@@H]12. The number of aromatic carboxylic acids is 1. The molecule has 4 saturated carbocycles. The van der Waals surface area contributed by atoms with Gasteiger partial charge in [0.2, 0.25) is 0 Å². The van der Waals surface area contributed by atoms with E-state index in [4.69, 9.17) is 0 Å². The number of hydrogen-bond donors (Lipinski definition) is 2. The van der Waals surface area contributed by atoms with Crippen molar-refractivity contribution in [3.63, 3.8) is 0 Å². The molecule has 260 valence electrons. The second kappa shape index (κ2) is 12.0. The molecule has 48 heavy (non-hydrogen) atoms. The van der Waals surface area contributed by atoms with Gasteiger partial charge in [-0.1, -0.05) is 65.0 Å². The van der Waals surface area contributed by atoms with Crippen LogP contribution in [0.4, 0.5) is 0 Å². The number of nitrogens with one attached hydrogen (secondary N) is 1. The van der Waals surface area contributed by atoms with Crippen LogP contribution in [0.3, 0.4) is 0 Å². The molecule has 5 nitrogen and oxygen atoms in total. The fourth-order valence-electron chi connectivity index (χ4n) is 13.6. The first-order chi connectivity index (χ1) is 22.8. The third-order valence-electron chi connectivity index (χ3n) is 16.1. The fourth-order valence-corrected chi connectivity index (χ4v) is 13.6. The van der Waals surface area contributed by atoms with Crippen molar-refractivity contribution < 1.29 is 9.90 Å². The van der Waals surface area contributed by atoms with Gasteiger partial charge in [-0.2, -0.15) is 0 Å². The molecule has 5 heteroatoms. The van der Waals surface area contributed by atoms with E-state index in [1.807, 2.05) is 24.7 Å². The summed E-state index contributed by atoms with van der Waals surface area (Å²) in [5.41, 5.74) is 5.79. The quantitative estimate of drug-likeness (QED) is 0.209. The highest BCUT2D eigenvalue weighted by atomic mass is 16.4. The van der Waals surface area contributed by atoms with Crippen LogP contribution >= 0.6 is 0 Å². The lowest BCUT2D eigenvalue weighted by atomic mass is 9.32. The Labute approximate surface area is 290 Å². The van der Waals surface area contributed by atoms with E-state index in [0.29, 0.717) is 33.6 Å². The minimum absolute atomic E-state index is 0.0403. The summed E-state index contributed by atoms with van der Waals surface area (Å²) in [6.45, 7) is 23.3. The standard InChI is InChI=1S/C43H61N3O2/c1-29(2)32-15-20-43(27-44-23-8-25-46-26-24-45-28-46)22-21-41(6)34(37(32)43)13-14-36-40(5)18-16-33(30-9-11-31(12-10-30)38(47)48)39(3,4)35(40)17-19-42(36,41)7/h9-12,16,24,26,28,32,34-37,44H,1,8,13-15,17-23,25,27H2,2-7H3,(H,47,48)/t32-,34+,35-,36+,37+,40-,41+,42+,43+/m0/s1. The molecule has 0 unspecified atom stereocenters. The van der Waals surface area contributed by atoms with Crippen molar-refractivity contribution >= 4 is 11.5 Å². The molecule has 9 atom stereocenters. The van der Waals surface area contributed by atoms with Crippen LogP contribution < -0.4 is 5.32 Å². The molecule has 0 saturated heterocycles. The van der Waals surface area contributed by atoms with Gasteiger partial charge in [-0.05, 0) is 158 Å². The first-order valence-electron chi connectivity index (χ1n) is 19.1. The normalized spacial score (nSPS) is 39.8. The Morgan fingerprint density at radius 3 is 2.44 bits per heavy atom. The lowest BCUT2D eigenvalue weighted by molar-refractivity contribution is -0.225. The van der Waals surface area contributed by atoms with Crippen molar-refractivity contribution in [3.05, 3.63) is 72.3 Å². The Kier molecular flexibility index (Phi) is 8.45. The van der Waals surface area contributed by atoms with Crippen LogP contribution in [0.5, 0.6) is 0 Å². The van der Waals surface area contributed by atoms with E-state index in [-0.39, 0.29) is 10.8 Å². The highest BCUT2D eigenvalue weighted by Gasteiger charge is 2.70. The van der Waals surface area contributed by atoms with E-state index in [2.05, 4.69) is 75.3 Å². The number of imidazole rings is 1. The van der Waals surface area contributed by atoms with Gasteiger partial charge in [-0.3, -0.25) is 0 Å². The third-order valence-corrected chi connectivity index (χ3v) is 16.1. The fraction of sp³-hybridized carbons (Fsp3) is 0.674. The van der Waals surface area contributed by atoms with Crippen LogP contribution in [-0.2, 0) is 6.54 Å². The average molecular weight is 652 g/mol. The molecule has 1 aromatic carbocycles. The van der Waals surface area contributed by atoms with Crippen LogP contribution in [0.25, 0.3) is 5.57 Å². The third kappa shape index (κ3) is 5.03. The highest BCUT2D eigenvalue weighted by molar-refractivity contribution is 5.88. The maximum Gasteiger partial charge on any atom is 0.335 e. The van der Waals surface area contributed by atoms with Crippen molar-refractivity contribution in [3.8, 4) is 0 Å². The van der Waals surface area contributed by atoms with E-state index in [0.717, 1.165) is 50.2 Å². The van der Waals surface area contributed by atoms with Gasteiger partial charge in [0.25, 0.3) is 0 Å². The highest BCUT2D eigenvalue weighted by Crippen LogP contribution is 2.77. The first-order valence-corrected chi connectivity index (χ1v) is 19.1. The Hall–Kier alpha value is -2.66. The smallest absolute Gasteiger partial charge is 0.335 e. The summed E-state index contributed by atoms with van der Waals surface area (Å²) in [5.74, 6) is 2.63. The van der Waals surface area contributed by atoms with Crippen LogP contribution in [0.15, 0.2) is 61.2 Å². The first kappa shape index (κ1) is 33.8. The van der Waals surface area contributed by atoms with E-state index >= 15 is 0 Å². The molecule has 0 radical (unpaired) electrons. The summed E-state index contributed by atoms with van der Waals surface area (Å²) in [7, 11) is 0. The Morgan fingerprint density at radius 2 is 1.75 bits per heavy atom. The molecule has 2 N–H and O–H groups in total. The summed E-state index contributed by atoms with van der Waals surface area (Å²) < 4.78 is 2.19. The molecule has 7 rings (SSSR count). The predicted octanol–water partition coefficient (Wildman–Crippen LogP) is 9.91. The van der Waals surface area contributed by atoms with E-state index in [9.17, 15) is 9.90 Å². The maximum atomic E-state index is 11.5. The molecule has 0 bridgehead atoms. The molecule has 4 fully saturated rings. The van der Waals surface area contributed by atoms with Gasteiger partial charge < -0.3 is 15.0 Å². The number of hydrogen-bond acceptors (Lipinski definition) is 3. The van der Waals surface area contributed by atoms with Gasteiger partial charge in [0.15, 0.2) is 0 Å². The number of nitrogens with zero attached hydrogens (tertiary/aromatic N) is 2. The molecule has 5 aliphatic rings. The second-order valence-corrected chi connectivity index (χ2v) is 18.3. The number of allylic oxidation sites excluding steroid dienone is 3. The average Bonchev–Trinajstić information content (AvgIpc) is 3.70. The summed E-state index contributed by atoms with van der Waals surface area (Å²) in [6.07, 6.45) is 21.4. The lowest BCUT2D eigenvalue weighted by Crippen LogP contribution is -2.65. The molecule has 2 aromatic rings. The van der Waals surface area contributed by atoms with E-state index in [1.165, 1.54) is 68.1 Å². The monoisotopic (exact) mass is 651 g/mol. The molecule has 1 heterocycles. The van der Waals surface area contributed by atoms with Gasteiger partial charge in [0.1, 0.15) is 0 Å². The Balaban J connectivity index is 1.14. The summed E-state index contributed by atoms with van der Waals surface area (Å²) in [4.78, 5) is 15.8. The van der Waals surface area contributed by atoms with E-state index < -0.39 is 5.97 Å². The summed E-state index contributed by atoms with van der Waals surface area (Å²) >= 11 is 0.